The molecule has 0 bridgehead atoms. The Labute approximate surface area is 185 Å². The molecular formula is C24H21ClN2O2S. The number of imide groups is 1. The average molecular weight is 437 g/mol. The minimum atomic E-state index is -0.330. The van der Waals surface area contributed by atoms with Crippen LogP contribution >= 0.6 is 23.4 Å². The average Bonchev–Trinajstić information content (AvgIpc) is 3.11. The first-order chi connectivity index (χ1) is 14.3. The summed E-state index contributed by atoms with van der Waals surface area (Å²) in [4.78, 5) is 27.1. The van der Waals surface area contributed by atoms with Crippen molar-refractivity contribution < 1.29 is 9.59 Å². The van der Waals surface area contributed by atoms with Gasteiger partial charge in [0.2, 0.25) is 0 Å². The van der Waals surface area contributed by atoms with Gasteiger partial charge in [0.1, 0.15) is 0 Å². The van der Waals surface area contributed by atoms with E-state index in [9.17, 15) is 9.59 Å². The predicted molar refractivity (Wildman–Crippen MR) is 125 cm³/mol. The monoisotopic (exact) mass is 436 g/mol. The molecule has 0 atom stereocenters. The number of hydrogen-bond acceptors (Lipinski definition) is 3. The van der Waals surface area contributed by atoms with Crippen LogP contribution in [-0.4, -0.2) is 15.7 Å². The van der Waals surface area contributed by atoms with Gasteiger partial charge in [-0.1, -0.05) is 35.4 Å². The van der Waals surface area contributed by atoms with Crippen LogP contribution in [0, 0.1) is 27.7 Å². The zero-order chi connectivity index (χ0) is 21.6. The highest BCUT2D eigenvalue weighted by molar-refractivity contribution is 8.19. The van der Waals surface area contributed by atoms with Crippen molar-refractivity contribution in [2.24, 2.45) is 0 Å². The van der Waals surface area contributed by atoms with E-state index in [1.54, 1.807) is 30.3 Å². The summed E-state index contributed by atoms with van der Waals surface area (Å²) in [5.41, 5.74) is 7.01. The van der Waals surface area contributed by atoms with Crippen LogP contribution in [0.5, 0.6) is 0 Å². The Morgan fingerprint density at radius 1 is 0.967 bits per heavy atom. The van der Waals surface area contributed by atoms with Gasteiger partial charge in [-0.3, -0.25) is 9.59 Å². The summed E-state index contributed by atoms with van der Waals surface area (Å²) in [5.74, 6) is -0.330. The number of aromatic nitrogens is 1. The summed E-state index contributed by atoms with van der Waals surface area (Å²) < 4.78 is 2.18. The van der Waals surface area contributed by atoms with Crippen molar-refractivity contribution in [1.29, 1.82) is 0 Å². The second-order valence-electron chi connectivity index (χ2n) is 7.45. The standard InChI is InChI=1S/C24H21ClN2O2S/c1-14-8-9-21(15(2)10-14)26-16(3)11-18(17(26)4)12-22-23(28)27(24(29)30-22)20-7-5-6-19(25)13-20/h5-13H,1-4H3/b22-12+. The molecule has 1 aliphatic heterocycles. The van der Waals surface area contributed by atoms with E-state index in [4.69, 9.17) is 11.6 Å². The molecule has 6 heteroatoms. The highest BCUT2D eigenvalue weighted by Crippen LogP contribution is 2.37. The molecule has 0 saturated carbocycles. The van der Waals surface area contributed by atoms with Gasteiger partial charge in [0.05, 0.1) is 10.6 Å². The number of nitrogens with zero attached hydrogens (tertiary/aromatic N) is 2. The van der Waals surface area contributed by atoms with Crippen molar-refractivity contribution in [3.05, 3.63) is 86.5 Å². The minimum Gasteiger partial charge on any atom is -0.318 e. The number of benzene rings is 2. The third-order valence-corrected chi connectivity index (χ3v) is 6.31. The van der Waals surface area contributed by atoms with E-state index in [2.05, 4.69) is 36.6 Å². The van der Waals surface area contributed by atoms with Crippen LogP contribution in [0.25, 0.3) is 11.8 Å². The van der Waals surface area contributed by atoms with E-state index in [1.165, 1.54) is 16.0 Å². The molecule has 2 aromatic carbocycles. The van der Waals surface area contributed by atoms with Crippen LogP contribution < -0.4 is 4.90 Å². The topological polar surface area (TPSA) is 42.3 Å². The number of carbonyl (C=O) groups excluding carboxylic acids is 2. The first-order valence-electron chi connectivity index (χ1n) is 9.56. The maximum absolute atomic E-state index is 13.0. The Kier molecular flexibility index (Phi) is 5.35. The second kappa shape index (κ2) is 7.82. The zero-order valence-electron chi connectivity index (χ0n) is 17.2. The van der Waals surface area contributed by atoms with Crippen LogP contribution in [-0.2, 0) is 4.79 Å². The maximum Gasteiger partial charge on any atom is 0.298 e. The summed E-state index contributed by atoms with van der Waals surface area (Å²) >= 11 is 6.98. The van der Waals surface area contributed by atoms with Crippen LogP contribution in [0.4, 0.5) is 10.5 Å². The zero-order valence-corrected chi connectivity index (χ0v) is 18.8. The fourth-order valence-corrected chi connectivity index (χ4v) is 4.82. The van der Waals surface area contributed by atoms with Gasteiger partial charge in [0, 0.05) is 22.1 Å². The number of anilines is 1. The smallest absolute Gasteiger partial charge is 0.298 e. The van der Waals surface area contributed by atoms with Gasteiger partial charge in [-0.15, -0.1) is 0 Å². The van der Waals surface area contributed by atoms with Gasteiger partial charge in [-0.25, -0.2) is 4.90 Å². The summed E-state index contributed by atoms with van der Waals surface area (Å²) in [6.45, 7) is 8.24. The molecule has 1 fully saturated rings. The quantitative estimate of drug-likeness (QED) is 0.434. The molecule has 0 radical (unpaired) electrons. The molecule has 4 nitrogen and oxygen atoms in total. The van der Waals surface area contributed by atoms with Crippen LogP contribution in [0.2, 0.25) is 5.02 Å². The van der Waals surface area contributed by atoms with E-state index in [0.29, 0.717) is 15.6 Å². The molecular weight excluding hydrogens is 416 g/mol. The lowest BCUT2D eigenvalue weighted by molar-refractivity contribution is -0.113. The molecule has 0 spiro atoms. The number of thioether (sulfide) groups is 1. The maximum atomic E-state index is 13.0. The molecule has 1 aliphatic rings. The Hall–Kier alpha value is -2.76. The Balaban J connectivity index is 1.72. The lowest BCUT2D eigenvalue weighted by atomic mass is 10.1. The van der Waals surface area contributed by atoms with Crippen molar-refractivity contribution in [2.45, 2.75) is 27.7 Å². The minimum absolute atomic E-state index is 0.322. The fraction of sp³-hybridized carbons (Fsp3) is 0.167. The Bertz CT molecular complexity index is 1230. The van der Waals surface area contributed by atoms with E-state index in [-0.39, 0.29) is 11.1 Å². The van der Waals surface area contributed by atoms with Crippen molar-refractivity contribution in [1.82, 2.24) is 4.57 Å². The molecule has 152 valence electrons. The first-order valence-corrected chi connectivity index (χ1v) is 10.8. The number of halogens is 1. The first kappa shape index (κ1) is 20.5. The molecule has 4 rings (SSSR count). The summed E-state index contributed by atoms with van der Waals surface area (Å²) in [6.07, 6.45) is 1.80. The van der Waals surface area contributed by atoms with Gasteiger partial charge in [-0.05, 0) is 87.0 Å². The Morgan fingerprint density at radius 3 is 2.43 bits per heavy atom. The third kappa shape index (κ3) is 3.59. The van der Waals surface area contributed by atoms with Crippen molar-refractivity contribution in [2.75, 3.05) is 4.90 Å². The fourth-order valence-electron chi connectivity index (χ4n) is 3.81. The Morgan fingerprint density at radius 2 is 1.73 bits per heavy atom. The SMILES string of the molecule is Cc1ccc(-n2c(C)cc(/C=C3/SC(=O)N(c4cccc(Cl)c4)C3=O)c2C)c(C)c1. The second-order valence-corrected chi connectivity index (χ2v) is 8.88. The van der Waals surface area contributed by atoms with Gasteiger partial charge in [0.25, 0.3) is 11.1 Å². The molecule has 0 unspecified atom stereocenters. The molecule has 3 aromatic rings. The van der Waals surface area contributed by atoms with E-state index in [0.717, 1.165) is 34.4 Å². The molecule has 2 amide bonds. The lowest BCUT2D eigenvalue weighted by Gasteiger charge is -2.13. The van der Waals surface area contributed by atoms with Gasteiger partial charge >= 0.3 is 0 Å². The molecule has 0 N–H and O–H groups in total. The van der Waals surface area contributed by atoms with Gasteiger partial charge in [-0.2, -0.15) is 0 Å². The number of rotatable bonds is 3. The molecule has 2 heterocycles. The number of carbonyl (C=O) groups is 2. The van der Waals surface area contributed by atoms with Gasteiger partial charge in [0.15, 0.2) is 0 Å². The van der Waals surface area contributed by atoms with E-state index >= 15 is 0 Å². The summed E-state index contributed by atoms with van der Waals surface area (Å²) in [6, 6.07) is 15.2. The van der Waals surface area contributed by atoms with Crippen LogP contribution in [0.1, 0.15) is 28.1 Å². The number of hydrogen-bond donors (Lipinski definition) is 0. The van der Waals surface area contributed by atoms with Crippen LogP contribution in [0.3, 0.4) is 0 Å². The van der Waals surface area contributed by atoms with Crippen molar-refractivity contribution in [3.63, 3.8) is 0 Å². The molecule has 1 saturated heterocycles. The van der Waals surface area contributed by atoms with Gasteiger partial charge < -0.3 is 4.57 Å². The van der Waals surface area contributed by atoms with Crippen molar-refractivity contribution in [3.8, 4) is 5.69 Å². The predicted octanol–water partition coefficient (Wildman–Crippen LogP) is 6.61. The number of aryl methyl sites for hydroxylation is 3. The molecule has 0 aliphatic carbocycles. The number of amides is 2. The summed E-state index contributed by atoms with van der Waals surface area (Å²) in [5, 5.41) is 0.157. The van der Waals surface area contributed by atoms with E-state index < -0.39 is 0 Å². The summed E-state index contributed by atoms with van der Waals surface area (Å²) in [7, 11) is 0. The highest BCUT2D eigenvalue weighted by atomic mass is 35.5. The largest absolute Gasteiger partial charge is 0.318 e. The highest BCUT2D eigenvalue weighted by Gasteiger charge is 2.36. The van der Waals surface area contributed by atoms with Crippen molar-refractivity contribution >= 4 is 46.3 Å². The normalized spacial score (nSPS) is 15.5. The third-order valence-electron chi connectivity index (χ3n) is 5.21. The van der Waals surface area contributed by atoms with E-state index in [1.807, 2.05) is 19.9 Å². The molecule has 30 heavy (non-hydrogen) atoms. The van der Waals surface area contributed by atoms with Crippen LogP contribution in [0.15, 0.2) is 53.4 Å². The lowest BCUT2D eigenvalue weighted by Crippen LogP contribution is -2.27. The molecule has 1 aromatic heterocycles.